The van der Waals surface area contributed by atoms with Gasteiger partial charge in [-0.05, 0) is 37.4 Å². The molecule has 0 aromatic rings. The van der Waals surface area contributed by atoms with Gasteiger partial charge in [-0.15, -0.1) is 0 Å². The molecule has 1 heterocycles. The van der Waals surface area contributed by atoms with Crippen molar-refractivity contribution in [2.24, 2.45) is 11.8 Å². The van der Waals surface area contributed by atoms with Crippen molar-refractivity contribution in [1.82, 2.24) is 5.43 Å². The Morgan fingerprint density at radius 2 is 2.23 bits per heavy atom. The molecule has 2 fully saturated rings. The van der Waals surface area contributed by atoms with E-state index in [9.17, 15) is 0 Å². The average Bonchev–Trinajstić information content (AvgIpc) is 2.81. The molecule has 76 valence electrons. The number of hydrogen-bond donors (Lipinski definition) is 2. The summed E-state index contributed by atoms with van der Waals surface area (Å²) in [5.74, 6) is 7.98. The zero-order chi connectivity index (χ0) is 9.10. The van der Waals surface area contributed by atoms with Crippen LogP contribution < -0.4 is 11.3 Å². The Hall–Kier alpha value is 0.270. The highest BCUT2D eigenvalue weighted by molar-refractivity contribution is 8.00. The molecular weight excluding hydrogens is 180 g/mol. The SMILES string of the molecule is NNC(CCC1CC1)C1CCCS1. The zero-order valence-corrected chi connectivity index (χ0v) is 8.98. The van der Waals surface area contributed by atoms with Crippen molar-refractivity contribution < 1.29 is 0 Å². The van der Waals surface area contributed by atoms with Crippen LogP contribution in [0, 0.1) is 5.92 Å². The van der Waals surface area contributed by atoms with Crippen LogP contribution in [0.3, 0.4) is 0 Å². The largest absolute Gasteiger partial charge is 0.271 e. The molecule has 2 rings (SSSR count). The second kappa shape index (κ2) is 4.67. The third kappa shape index (κ3) is 2.86. The first-order valence-corrected chi connectivity index (χ1v) is 6.53. The predicted molar refractivity (Wildman–Crippen MR) is 58.5 cm³/mol. The van der Waals surface area contributed by atoms with Gasteiger partial charge in [-0.25, -0.2) is 0 Å². The fourth-order valence-corrected chi connectivity index (χ4v) is 3.53. The van der Waals surface area contributed by atoms with Crippen molar-refractivity contribution in [3.63, 3.8) is 0 Å². The number of nitrogens with two attached hydrogens (primary N) is 1. The first-order valence-electron chi connectivity index (χ1n) is 5.48. The summed E-state index contributed by atoms with van der Waals surface area (Å²) < 4.78 is 0. The summed E-state index contributed by atoms with van der Waals surface area (Å²) in [6.45, 7) is 0. The summed E-state index contributed by atoms with van der Waals surface area (Å²) in [6.07, 6.45) is 8.37. The molecule has 3 N–H and O–H groups in total. The molecule has 0 radical (unpaired) electrons. The van der Waals surface area contributed by atoms with Crippen LogP contribution in [0.25, 0.3) is 0 Å². The van der Waals surface area contributed by atoms with Gasteiger partial charge in [0, 0.05) is 11.3 Å². The third-order valence-corrected chi connectivity index (χ3v) is 4.73. The Morgan fingerprint density at radius 1 is 1.38 bits per heavy atom. The normalized spacial score (nSPS) is 30.7. The molecule has 2 unspecified atom stereocenters. The van der Waals surface area contributed by atoms with Gasteiger partial charge in [0.25, 0.3) is 0 Å². The summed E-state index contributed by atoms with van der Waals surface area (Å²) in [4.78, 5) is 0. The number of nitrogens with one attached hydrogen (secondary N) is 1. The van der Waals surface area contributed by atoms with E-state index in [0.717, 1.165) is 11.2 Å². The molecule has 1 aliphatic carbocycles. The lowest BCUT2D eigenvalue weighted by Crippen LogP contribution is -2.41. The molecule has 0 aromatic heterocycles. The van der Waals surface area contributed by atoms with Gasteiger partial charge in [0.1, 0.15) is 0 Å². The van der Waals surface area contributed by atoms with Crippen LogP contribution in [-0.2, 0) is 0 Å². The molecule has 0 spiro atoms. The van der Waals surface area contributed by atoms with E-state index in [0.29, 0.717) is 6.04 Å². The highest BCUT2D eigenvalue weighted by Crippen LogP contribution is 2.36. The highest BCUT2D eigenvalue weighted by atomic mass is 32.2. The molecular formula is C10H20N2S. The van der Waals surface area contributed by atoms with E-state index < -0.39 is 0 Å². The second-order valence-electron chi connectivity index (χ2n) is 4.35. The molecule has 2 atom stereocenters. The third-order valence-electron chi connectivity index (χ3n) is 3.21. The van der Waals surface area contributed by atoms with Crippen LogP contribution in [0.1, 0.15) is 38.5 Å². The summed E-state index contributed by atoms with van der Waals surface area (Å²) in [5.41, 5.74) is 3.01. The van der Waals surface area contributed by atoms with Gasteiger partial charge < -0.3 is 0 Å². The van der Waals surface area contributed by atoms with Crippen molar-refractivity contribution in [1.29, 1.82) is 0 Å². The fourth-order valence-electron chi connectivity index (χ4n) is 2.12. The fraction of sp³-hybridized carbons (Fsp3) is 1.00. The Balaban J connectivity index is 1.70. The van der Waals surface area contributed by atoms with E-state index in [1.165, 1.54) is 44.3 Å². The van der Waals surface area contributed by atoms with Crippen LogP contribution in [0.4, 0.5) is 0 Å². The van der Waals surface area contributed by atoms with Crippen molar-refractivity contribution >= 4 is 11.8 Å². The standard InChI is InChI=1S/C10H20N2S/c11-12-9(6-5-8-3-4-8)10-2-1-7-13-10/h8-10,12H,1-7,11H2. The maximum absolute atomic E-state index is 5.60. The molecule has 1 saturated carbocycles. The van der Waals surface area contributed by atoms with Crippen LogP contribution in [0.15, 0.2) is 0 Å². The van der Waals surface area contributed by atoms with Crippen molar-refractivity contribution in [3.05, 3.63) is 0 Å². The summed E-state index contributed by atoms with van der Waals surface area (Å²) >= 11 is 2.10. The molecule has 2 nitrogen and oxygen atoms in total. The van der Waals surface area contributed by atoms with E-state index in [1.54, 1.807) is 0 Å². The highest BCUT2D eigenvalue weighted by Gasteiger charge is 2.27. The van der Waals surface area contributed by atoms with E-state index >= 15 is 0 Å². The maximum Gasteiger partial charge on any atom is 0.0329 e. The lowest BCUT2D eigenvalue weighted by Gasteiger charge is -2.21. The number of hydrazine groups is 1. The first-order chi connectivity index (χ1) is 6.40. The van der Waals surface area contributed by atoms with E-state index in [4.69, 9.17) is 5.84 Å². The van der Waals surface area contributed by atoms with Gasteiger partial charge in [-0.1, -0.05) is 12.8 Å². The topological polar surface area (TPSA) is 38.0 Å². The minimum absolute atomic E-state index is 0.577. The molecule has 1 saturated heterocycles. The van der Waals surface area contributed by atoms with Crippen molar-refractivity contribution in [2.45, 2.75) is 49.8 Å². The molecule has 3 heteroatoms. The van der Waals surface area contributed by atoms with Crippen LogP contribution in [0.5, 0.6) is 0 Å². The molecule has 0 aromatic carbocycles. The minimum atomic E-state index is 0.577. The Labute approximate surface area is 85.0 Å². The van der Waals surface area contributed by atoms with Gasteiger partial charge in [0.05, 0.1) is 0 Å². The molecule has 13 heavy (non-hydrogen) atoms. The molecule has 1 aliphatic heterocycles. The van der Waals surface area contributed by atoms with Gasteiger partial charge in [-0.2, -0.15) is 11.8 Å². The van der Waals surface area contributed by atoms with Crippen LogP contribution >= 0.6 is 11.8 Å². The Morgan fingerprint density at radius 3 is 2.77 bits per heavy atom. The maximum atomic E-state index is 5.60. The van der Waals surface area contributed by atoms with Crippen LogP contribution in [-0.4, -0.2) is 17.0 Å². The van der Waals surface area contributed by atoms with E-state index in [1.807, 2.05) is 0 Å². The quantitative estimate of drug-likeness (QED) is 0.526. The van der Waals surface area contributed by atoms with E-state index in [-0.39, 0.29) is 0 Å². The zero-order valence-electron chi connectivity index (χ0n) is 8.17. The number of rotatable bonds is 5. The van der Waals surface area contributed by atoms with E-state index in [2.05, 4.69) is 17.2 Å². The lowest BCUT2D eigenvalue weighted by atomic mass is 10.0. The van der Waals surface area contributed by atoms with Gasteiger partial charge in [0.2, 0.25) is 0 Å². The number of thioether (sulfide) groups is 1. The number of hydrogen-bond acceptors (Lipinski definition) is 3. The monoisotopic (exact) mass is 200 g/mol. The first kappa shape index (κ1) is 9.81. The van der Waals surface area contributed by atoms with Crippen molar-refractivity contribution in [3.8, 4) is 0 Å². The minimum Gasteiger partial charge on any atom is -0.271 e. The lowest BCUT2D eigenvalue weighted by molar-refractivity contribution is 0.444. The second-order valence-corrected chi connectivity index (χ2v) is 5.69. The summed E-state index contributed by atoms with van der Waals surface area (Å²) in [6, 6.07) is 0.577. The van der Waals surface area contributed by atoms with Gasteiger partial charge >= 0.3 is 0 Å². The van der Waals surface area contributed by atoms with Crippen molar-refractivity contribution in [2.75, 3.05) is 5.75 Å². The summed E-state index contributed by atoms with van der Waals surface area (Å²) in [7, 11) is 0. The smallest absolute Gasteiger partial charge is 0.0329 e. The Kier molecular flexibility index (Phi) is 3.52. The Bertz CT molecular complexity index is 153. The molecule has 0 amide bonds. The molecule has 0 bridgehead atoms. The van der Waals surface area contributed by atoms with Gasteiger partial charge in [-0.3, -0.25) is 11.3 Å². The average molecular weight is 200 g/mol. The predicted octanol–water partition coefficient (Wildman–Crippen LogP) is 1.90. The summed E-state index contributed by atoms with van der Waals surface area (Å²) in [5, 5.41) is 0.795. The van der Waals surface area contributed by atoms with Crippen LogP contribution in [0.2, 0.25) is 0 Å². The van der Waals surface area contributed by atoms with Gasteiger partial charge in [0.15, 0.2) is 0 Å². The molecule has 2 aliphatic rings.